The van der Waals surface area contributed by atoms with E-state index in [0.717, 1.165) is 17.7 Å². The van der Waals surface area contributed by atoms with Gasteiger partial charge in [-0.2, -0.15) is 13.2 Å². The molecule has 0 bridgehead atoms. The van der Waals surface area contributed by atoms with Crippen molar-refractivity contribution in [2.45, 2.75) is 30.7 Å². The molecule has 0 aromatic heterocycles. The van der Waals surface area contributed by atoms with Crippen molar-refractivity contribution in [1.29, 1.82) is 0 Å². The largest absolute Gasteiger partial charge is 0.489 e. The number of alkyl halides is 3. The van der Waals surface area contributed by atoms with Crippen LogP contribution < -0.4 is 4.74 Å². The first-order valence-electron chi connectivity index (χ1n) is 9.50. The number of hydrogen-bond acceptors (Lipinski definition) is 4. The van der Waals surface area contributed by atoms with E-state index < -0.39 is 27.7 Å². The van der Waals surface area contributed by atoms with Crippen LogP contribution in [0.15, 0.2) is 77.7 Å². The first kappa shape index (κ1) is 22.8. The van der Waals surface area contributed by atoms with E-state index in [1.807, 2.05) is 30.3 Å². The van der Waals surface area contributed by atoms with Crippen LogP contribution in [0, 0.1) is 0 Å². The highest BCUT2D eigenvalue weighted by atomic mass is 32.2. The molecule has 0 aliphatic carbocycles. The van der Waals surface area contributed by atoms with Crippen LogP contribution in [-0.4, -0.2) is 19.3 Å². The van der Waals surface area contributed by atoms with Crippen LogP contribution >= 0.6 is 0 Å². The second kappa shape index (κ2) is 9.11. The fourth-order valence-electron chi connectivity index (χ4n) is 3.01. The lowest BCUT2D eigenvalue weighted by Gasteiger charge is -2.19. The minimum absolute atomic E-state index is 0.0585. The number of ether oxygens (including phenoxy) is 1. The molecule has 3 aromatic carbocycles. The Bertz CT molecular complexity index is 1130. The molecule has 0 aliphatic rings. The number of aliphatic hydroxyl groups is 1. The number of halogens is 3. The average Bonchev–Trinajstić information content (AvgIpc) is 2.77. The third-order valence-corrected chi connectivity index (χ3v) is 6.55. The van der Waals surface area contributed by atoms with Gasteiger partial charge in [-0.1, -0.05) is 49.4 Å². The first-order chi connectivity index (χ1) is 14.6. The van der Waals surface area contributed by atoms with Crippen LogP contribution in [-0.2, 0) is 22.6 Å². The van der Waals surface area contributed by atoms with Gasteiger partial charge in [0.25, 0.3) is 0 Å². The maximum absolute atomic E-state index is 13.3. The lowest BCUT2D eigenvalue weighted by molar-refractivity contribution is -0.137. The molecule has 3 rings (SSSR count). The number of aliphatic hydroxyl groups excluding tert-OH is 1. The zero-order chi connectivity index (χ0) is 22.6. The average molecular weight is 450 g/mol. The molecular formula is C23H21F3O4S. The Morgan fingerprint density at radius 3 is 2.19 bits per heavy atom. The molecule has 8 heteroatoms. The van der Waals surface area contributed by atoms with Gasteiger partial charge in [-0.3, -0.25) is 0 Å². The molecule has 0 saturated carbocycles. The Morgan fingerprint density at radius 1 is 0.968 bits per heavy atom. The number of rotatable bonds is 7. The molecule has 0 heterocycles. The minimum atomic E-state index is -4.59. The molecule has 0 saturated heterocycles. The van der Waals surface area contributed by atoms with E-state index in [1.54, 1.807) is 0 Å². The van der Waals surface area contributed by atoms with Crippen molar-refractivity contribution >= 4 is 9.84 Å². The van der Waals surface area contributed by atoms with Gasteiger partial charge in [-0.25, -0.2) is 8.42 Å². The van der Waals surface area contributed by atoms with E-state index in [9.17, 15) is 26.7 Å². The molecule has 3 aromatic rings. The summed E-state index contributed by atoms with van der Waals surface area (Å²) >= 11 is 0. The van der Waals surface area contributed by atoms with Crippen molar-refractivity contribution in [3.63, 3.8) is 0 Å². The number of benzene rings is 3. The van der Waals surface area contributed by atoms with E-state index in [4.69, 9.17) is 4.74 Å². The van der Waals surface area contributed by atoms with Crippen molar-refractivity contribution in [1.82, 2.24) is 0 Å². The predicted molar refractivity (Wildman–Crippen MR) is 110 cm³/mol. The third-order valence-electron chi connectivity index (χ3n) is 4.80. The Kier molecular flexibility index (Phi) is 6.71. The summed E-state index contributed by atoms with van der Waals surface area (Å²) in [5.74, 6) is 0.0228. The Morgan fingerprint density at radius 2 is 1.61 bits per heavy atom. The summed E-state index contributed by atoms with van der Waals surface area (Å²) in [6, 6.07) is 17.4. The summed E-state index contributed by atoms with van der Waals surface area (Å²) in [6.07, 6.45) is -6.03. The van der Waals surface area contributed by atoms with Crippen molar-refractivity contribution in [3.8, 4) is 5.75 Å². The maximum Gasteiger partial charge on any atom is 0.416 e. The van der Waals surface area contributed by atoms with E-state index in [1.165, 1.54) is 37.3 Å². The van der Waals surface area contributed by atoms with E-state index >= 15 is 0 Å². The van der Waals surface area contributed by atoms with Crippen LogP contribution in [0.4, 0.5) is 13.2 Å². The van der Waals surface area contributed by atoms with Gasteiger partial charge in [-0.15, -0.1) is 0 Å². The normalized spacial score (nSPS) is 13.1. The highest BCUT2D eigenvalue weighted by Gasteiger charge is 2.32. The van der Waals surface area contributed by atoms with Crippen LogP contribution in [0.5, 0.6) is 5.75 Å². The van der Waals surface area contributed by atoms with Crippen LogP contribution in [0.2, 0.25) is 0 Å². The Balaban J connectivity index is 1.96. The summed E-state index contributed by atoms with van der Waals surface area (Å²) in [5.41, 5.74) is 0.0894. The van der Waals surface area contributed by atoms with Crippen LogP contribution in [0.3, 0.4) is 0 Å². The molecule has 4 nitrogen and oxygen atoms in total. The summed E-state index contributed by atoms with van der Waals surface area (Å²) < 4.78 is 69.4. The molecule has 1 unspecified atom stereocenters. The summed E-state index contributed by atoms with van der Waals surface area (Å²) in [4.78, 5) is 0.0792. The van der Waals surface area contributed by atoms with Gasteiger partial charge < -0.3 is 9.84 Å². The molecule has 164 valence electrons. The molecule has 0 aliphatic heterocycles. The highest BCUT2D eigenvalue weighted by molar-refractivity contribution is 7.91. The van der Waals surface area contributed by atoms with Gasteiger partial charge in [-0.05, 0) is 41.5 Å². The van der Waals surface area contributed by atoms with Gasteiger partial charge >= 0.3 is 6.18 Å². The fraction of sp³-hybridized carbons (Fsp3) is 0.217. The predicted octanol–water partition coefficient (Wildman–Crippen LogP) is 5.16. The maximum atomic E-state index is 13.3. The quantitative estimate of drug-likeness (QED) is 0.540. The Hall–Kier alpha value is -2.84. The zero-order valence-corrected chi connectivity index (χ0v) is 17.5. The van der Waals surface area contributed by atoms with Gasteiger partial charge in [0.2, 0.25) is 0 Å². The second-order valence-electron chi connectivity index (χ2n) is 6.90. The lowest BCUT2D eigenvalue weighted by atomic mass is 9.98. The molecule has 0 spiro atoms. The van der Waals surface area contributed by atoms with Gasteiger partial charge in [0, 0.05) is 5.56 Å². The van der Waals surface area contributed by atoms with Crippen molar-refractivity contribution in [2.75, 3.05) is 5.75 Å². The fourth-order valence-corrected chi connectivity index (χ4v) is 3.89. The van der Waals surface area contributed by atoms with Crippen molar-refractivity contribution in [3.05, 3.63) is 95.1 Å². The molecule has 31 heavy (non-hydrogen) atoms. The van der Waals surface area contributed by atoms with E-state index in [-0.39, 0.29) is 34.1 Å². The van der Waals surface area contributed by atoms with E-state index in [2.05, 4.69) is 0 Å². The third kappa shape index (κ3) is 5.45. The smallest absolute Gasteiger partial charge is 0.416 e. The van der Waals surface area contributed by atoms with Gasteiger partial charge in [0.1, 0.15) is 18.5 Å². The molecule has 1 N–H and O–H groups in total. The molecule has 0 amide bonds. The monoisotopic (exact) mass is 450 g/mol. The summed E-state index contributed by atoms with van der Waals surface area (Å²) in [7, 11) is -3.43. The molecule has 0 radical (unpaired) electrons. The zero-order valence-electron chi connectivity index (χ0n) is 16.6. The van der Waals surface area contributed by atoms with E-state index in [0.29, 0.717) is 0 Å². The molecule has 0 fully saturated rings. The summed E-state index contributed by atoms with van der Waals surface area (Å²) in [6.45, 7) is 1.62. The van der Waals surface area contributed by atoms with Crippen LogP contribution in [0.25, 0.3) is 0 Å². The minimum Gasteiger partial charge on any atom is -0.489 e. The molecule has 1 atom stereocenters. The number of hydrogen-bond donors (Lipinski definition) is 1. The number of sulfone groups is 1. The van der Waals surface area contributed by atoms with Gasteiger partial charge in [0.15, 0.2) is 9.84 Å². The Labute approximate surface area is 178 Å². The SMILES string of the molecule is CCS(=O)(=O)c1ccc(C(O)c2cc(C(F)(F)F)ccc2OCc2ccccc2)cc1. The van der Waals surface area contributed by atoms with Gasteiger partial charge in [0.05, 0.1) is 16.2 Å². The topological polar surface area (TPSA) is 63.6 Å². The van der Waals surface area contributed by atoms with Crippen molar-refractivity contribution < 1.29 is 31.4 Å². The highest BCUT2D eigenvalue weighted by Crippen LogP contribution is 2.37. The lowest BCUT2D eigenvalue weighted by Crippen LogP contribution is -2.10. The molecular weight excluding hydrogens is 429 g/mol. The van der Waals surface area contributed by atoms with Crippen LogP contribution in [0.1, 0.15) is 35.3 Å². The summed E-state index contributed by atoms with van der Waals surface area (Å²) in [5, 5.41) is 10.8. The standard InChI is InChI=1S/C23H21F3O4S/c1-2-31(28,29)19-11-8-17(9-12-19)22(27)20-14-18(23(24,25)26)10-13-21(20)30-15-16-6-4-3-5-7-16/h3-14,22,27H,2,15H2,1H3. The van der Waals surface area contributed by atoms with Crippen molar-refractivity contribution in [2.24, 2.45) is 0 Å². The second-order valence-corrected chi connectivity index (χ2v) is 9.18. The first-order valence-corrected chi connectivity index (χ1v) is 11.2.